The molecule has 2 rings (SSSR count). The summed E-state index contributed by atoms with van der Waals surface area (Å²) in [6.07, 6.45) is 0. The van der Waals surface area contributed by atoms with E-state index in [4.69, 9.17) is 9.47 Å². The Bertz CT molecular complexity index is 416. The van der Waals surface area contributed by atoms with Crippen molar-refractivity contribution in [2.45, 2.75) is 13.5 Å². The molecular formula is C13H18N2O2. The SMILES string of the molecule is COCc1cccc(OCC2=NCCN2)c1C. The predicted octanol–water partition coefficient (Wildman–Crippen LogP) is 1.52. The average Bonchev–Trinajstić information content (AvgIpc) is 2.83. The Kier molecular flexibility index (Phi) is 3.98. The van der Waals surface area contributed by atoms with Gasteiger partial charge in [-0.1, -0.05) is 12.1 Å². The van der Waals surface area contributed by atoms with Crippen LogP contribution in [-0.2, 0) is 11.3 Å². The first-order chi connectivity index (χ1) is 8.31. The number of hydrogen-bond donors (Lipinski definition) is 1. The molecule has 0 spiro atoms. The summed E-state index contributed by atoms with van der Waals surface area (Å²) < 4.78 is 10.9. The fourth-order valence-corrected chi connectivity index (χ4v) is 1.82. The van der Waals surface area contributed by atoms with E-state index >= 15 is 0 Å². The minimum Gasteiger partial charge on any atom is -0.485 e. The van der Waals surface area contributed by atoms with Crippen molar-refractivity contribution in [3.8, 4) is 5.75 Å². The summed E-state index contributed by atoms with van der Waals surface area (Å²) in [5, 5.41) is 3.19. The second-order valence-electron chi connectivity index (χ2n) is 4.02. The number of hydrogen-bond acceptors (Lipinski definition) is 4. The Labute approximate surface area is 102 Å². The summed E-state index contributed by atoms with van der Waals surface area (Å²) in [6.45, 7) is 4.94. The summed E-state index contributed by atoms with van der Waals surface area (Å²) in [4.78, 5) is 4.30. The molecule has 0 aromatic heterocycles. The van der Waals surface area contributed by atoms with E-state index in [2.05, 4.69) is 16.4 Å². The van der Waals surface area contributed by atoms with E-state index < -0.39 is 0 Å². The molecule has 1 aromatic carbocycles. The maximum atomic E-state index is 5.76. The van der Waals surface area contributed by atoms with Gasteiger partial charge in [0.1, 0.15) is 18.2 Å². The van der Waals surface area contributed by atoms with Crippen LogP contribution in [0.3, 0.4) is 0 Å². The van der Waals surface area contributed by atoms with Gasteiger partial charge in [0.15, 0.2) is 0 Å². The highest BCUT2D eigenvalue weighted by atomic mass is 16.5. The van der Waals surface area contributed by atoms with Crippen molar-refractivity contribution in [2.75, 3.05) is 26.8 Å². The van der Waals surface area contributed by atoms with Crippen LogP contribution < -0.4 is 10.1 Å². The minimum absolute atomic E-state index is 0.511. The number of nitrogens with zero attached hydrogens (tertiary/aromatic N) is 1. The lowest BCUT2D eigenvalue weighted by molar-refractivity contribution is 0.184. The Morgan fingerprint density at radius 1 is 1.35 bits per heavy atom. The zero-order chi connectivity index (χ0) is 12.1. The van der Waals surface area contributed by atoms with Gasteiger partial charge in [-0.15, -0.1) is 0 Å². The largest absolute Gasteiger partial charge is 0.485 e. The van der Waals surface area contributed by atoms with Crippen molar-refractivity contribution in [3.05, 3.63) is 29.3 Å². The molecule has 1 heterocycles. The van der Waals surface area contributed by atoms with Crippen LogP contribution in [0.15, 0.2) is 23.2 Å². The lowest BCUT2D eigenvalue weighted by Gasteiger charge is -2.12. The van der Waals surface area contributed by atoms with Gasteiger partial charge in [0.25, 0.3) is 0 Å². The van der Waals surface area contributed by atoms with Crippen LogP contribution in [0.1, 0.15) is 11.1 Å². The van der Waals surface area contributed by atoms with E-state index in [0.717, 1.165) is 35.8 Å². The summed E-state index contributed by atoms with van der Waals surface area (Å²) in [6, 6.07) is 6.02. The lowest BCUT2D eigenvalue weighted by Crippen LogP contribution is -2.25. The van der Waals surface area contributed by atoms with E-state index in [9.17, 15) is 0 Å². The van der Waals surface area contributed by atoms with Crippen molar-refractivity contribution in [1.29, 1.82) is 0 Å². The first-order valence-electron chi connectivity index (χ1n) is 5.78. The number of ether oxygens (including phenoxy) is 2. The molecule has 1 aliphatic heterocycles. The topological polar surface area (TPSA) is 42.9 Å². The lowest BCUT2D eigenvalue weighted by atomic mass is 10.1. The van der Waals surface area contributed by atoms with Crippen molar-refractivity contribution < 1.29 is 9.47 Å². The maximum absolute atomic E-state index is 5.76. The Morgan fingerprint density at radius 3 is 2.94 bits per heavy atom. The van der Waals surface area contributed by atoms with Crippen molar-refractivity contribution in [3.63, 3.8) is 0 Å². The van der Waals surface area contributed by atoms with Crippen molar-refractivity contribution in [1.82, 2.24) is 5.32 Å². The molecular weight excluding hydrogens is 216 g/mol. The monoisotopic (exact) mass is 234 g/mol. The van der Waals surface area contributed by atoms with Crippen LogP contribution in [0, 0.1) is 6.92 Å². The molecule has 0 radical (unpaired) electrons. The minimum atomic E-state index is 0.511. The van der Waals surface area contributed by atoms with Crippen LogP contribution in [0.4, 0.5) is 0 Å². The Hall–Kier alpha value is -1.55. The van der Waals surface area contributed by atoms with E-state index in [0.29, 0.717) is 13.2 Å². The van der Waals surface area contributed by atoms with Gasteiger partial charge < -0.3 is 14.8 Å². The molecule has 17 heavy (non-hydrogen) atoms. The normalized spacial score (nSPS) is 14.4. The molecule has 92 valence electrons. The second kappa shape index (κ2) is 5.68. The number of benzene rings is 1. The molecule has 0 atom stereocenters. The van der Waals surface area contributed by atoms with Crippen LogP contribution in [0.5, 0.6) is 5.75 Å². The summed E-state index contributed by atoms with van der Waals surface area (Å²) >= 11 is 0. The molecule has 0 bridgehead atoms. The van der Waals surface area contributed by atoms with Gasteiger partial charge >= 0.3 is 0 Å². The Morgan fingerprint density at radius 2 is 2.24 bits per heavy atom. The molecule has 4 heteroatoms. The van der Waals surface area contributed by atoms with Gasteiger partial charge in [-0.2, -0.15) is 0 Å². The molecule has 0 amide bonds. The molecule has 0 fully saturated rings. The smallest absolute Gasteiger partial charge is 0.145 e. The fraction of sp³-hybridized carbons (Fsp3) is 0.462. The Balaban J connectivity index is 2.02. The first kappa shape index (κ1) is 11.9. The highest BCUT2D eigenvalue weighted by Crippen LogP contribution is 2.21. The molecule has 1 aliphatic rings. The fourth-order valence-electron chi connectivity index (χ4n) is 1.82. The zero-order valence-electron chi connectivity index (χ0n) is 10.3. The van der Waals surface area contributed by atoms with Crippen LogP contribution >= 0.6 is 0 Å². The zero-order valence-corrected chi connectivity index (χ0v) is 10.3. The van der Waals surface area contributed by atoms with E-state index in [-0.39, 0.29) is 0 Å². The molecule has 4 nitrogen and oxygen atoms in total. The molecule has 0 saturated carbocycles. The van der Waals surface area contributed by atoms with Gasteiger partial charge in [0.2, 0.25) is 0 Å². The quantitative estimate of drug-likeness (QED) is 0.840. The van der Waals surface area contributed by atoms with Crippen LogP contribution in [-0.4, -0.2) is 32.6 Å². The van der Waals surface area contributed by atoms with Gasteiger partial charge in [-0.05, 0) is 24.1 Å². The average molecular weight is 234 g/mol. The van der Waals surface area contributed by atoms with Gasteiger partial charge in [0, 0.05) is 13.7 Å². The highest BCUT2D eigenvalue weighted by Gasteiger charge is 2.08. The van der Waals surface area contributed by atoms with E-state index in [1.54, 1.807) is 7.11 Å². The third-order valence-corrected chi connectivity index (χ3v) is 2.80. The second-order valence-corrected chi connectivity index (χ2v) is 4.02. The highest BCUT2D eigenvalue weighted by molar-refractivity contribution is 5.85. The third kappa shape index (κ3) is 2.97. The van der Waals surface area contributed by atoms with Crippen LogP contribution in [0.2, 0.25) is 0 Å². The van der Waals surface area contributed by atoms with Crippen LogP contribution in [0.25, 0.3) is 0 Å². The number of amidine groups is 1. The van der Waals surface area contributed by atoms with Gasteiger partial charge in [0.05, 0.1) is 13.2 Å². The predicted molar refractivity (Wildman–Crippen MR) is 67.7 cm³/mol. The molecule has 0 aliphatic carbocycles. The van der Waals surface area contributed by atoms with Crippen molar-refractivity contribution >= 4 is 5.84 Å². The number of methoxy groups -OCH3 is 1. The standard InChI is InChI=1S/C13H18N2O2/c1-10-11(8-16-2)4-3-5-12(10)17-9-13-14-6-7-15-13/h3-5H,6-9H2,1-2H3,(H,14,15). The summed E-state index contributed by atoms with van der Waals surface area (Å²) in [5.74, 6) is 1.83. The maximum Gasteiger partial charge on any atom is 0.145 e. The van der Waals surface area contributed by atoms with Gasteiger partial charge in [-0.25, -0.2) is 0 Å². The van der Waals surface area contributed by atoms with E-state index in [1.807, 2.05) is 19.1 Å². The van der Waals surface area contributed by atoms with Gasteiger partial charge in [-0.3, -0.25) is 4.99 Å². The molecule has 0 saturated heterocycles. The first-order valence-corrected chi connectivity index (χ1v) is 5.78. The molecule has 1 aromatic rings. The molecule has 0 unspecified atom stereocenters. The van der Waals surface area contributed by atoms with Crippen molar-refractivity contribution in [2.24, 2.45) is 4.99 Å². The number of nitrogens with one attached hydrogen (secondary N) is 1. The summed E-state index contributed by atoms with van der Waals surface area (Å²) in [7, 11) is 1.70. The number of aliphatic imine (C=N–C) groups is 1. The molecule has 1 N–H and O–H groups in total. The third-order valence-electron chi connectivity index (χ3n) is 2.80. The van der Waals surface area contributed by atoms with E-state index in [1.165, 1.54) is 0 Å². The summed E-state index contributed by atoms with van der Waals surface area (Å²) in [5.41, 5.74) is 2.29. The number of rotatable bonds is 5.